The van der Waals surface area contributed by atoms with Gasteiger partial charge in [-0.3, -0.25) is 4.79 Å². The Kier molecular flexibility index (Phi) is 3.45. The predicted molar refractivity (Wildman–Crippen MR) is 82.1 cm³/mol. The first kappa shape index (κ1) is 13.9. The molecule has 118 valence electrons. The van der Waals surface area contributed by atoms with Gasteiger partial charge < -0.3 is 20.1 Å². The van der Waals surface area contributed by atoms with Gasteiger partial charge in [0.05, 0.1) is 5.56 Å². The number of hydrogen-bond acceptors (Lipinski definition) is 4. The number of hydrogen-bond donors (Lipinski definition) is 1. The molecule has 0 bridgehead atoms. The minimum absolute atomic E-state index is 0.0453. The van der Waals surface area contributed by atoms with Crippen molar-refractivity contribution in [3.8, 4) is 11.5 Å². The number of nitrogens with zero attached hydrogens (tertiary/aromatic N) is 1. The molecule has 2 fully saturated rings. The van der Waals surface area contributed by atoms with Crippen molar-refractivity contribution < 1.29 is 14.3 Å². The summed E-state index contributed by atoms with van der Waals surface area (Å²) in [7, 11) is 0. The fraction of sp³-hybridized carbons (Fsp3) is 0.588. The monoisotopic (exact) mass is 302 g/mol. The van der Waals surface area contributed by atoms with E-state index in [4.69, 9.17) is 15.2 Å². The minimum Gasteiger partial charge on any atom is -0.486 e. The second-order valence-corrected chi connectivity index (χ2v) is 6.56. The molecule has 1 saturated heterocycles. The van der Waals surface area contributed by atoms with Crippen LogP contribution >= 0.6 is 0 Å². The number of likely N-dealkylation sites (tertiary alicyclic amines) is 1. The Morgan fingerprint density at radius 1 is 1.18 bits per heavy atom. The molecule has 22 heavy (non-hydrogen) atoms. The van der Waals surface area contributed by atoms with Crippen molar-refractivity contribution >= 4 is 5.91 Å². The summed E-state index contributed by atoms with van der Waals surface area (Å²) in [5, 5.41) is 0. The van der Waals surface area contributed by atoms with E-state index in [9.17, 15) is 4.79 Å². The summed E-state index contributed by atoms with van der Waals surface area (Å²) in [6, 6.07) is 5.78. The maximum absolute atomic E-state index is 12.9. The molecule has 1 saturated carbocycles. The van der Waals surface area contributed by atoms with Crippen LogP contribution in [0.3, 0.4) is 0 Å². The lowest BCUT2D eigenvalue weighted by atomic mass is 9.78. The number of fused-ring (bicyclic) bond motifs is 2. The average molecular weight is 302 g/mol. The van der Waals surface area contributed by atoms with Crippen LogP contribution < -0.4 is 15.2 Å². The van der Waals surface area contributed by atoms with Gasteiger partial charge in [-0.1, -0.05) is 12.5 Å². The standard InChI is InChI=1S/C17H22N2O3/c18-14-5-1-3-11-9-19(10-13(11)14)17(20)12-4-2-6-15-16(12)22-8-7-21-15/h2,4,6,11,13-14H,1,3,5,7-10,18H2. The lowest BCUT2D eigenvalue weighted by molar-refractivity contribution is 0.0773. The zero-order chi connectivity index (χ0) is 15.1. The number of benzene rings is 1. The predicted octanol–water partition coefficient (Wildman–Crippen LogP) is 1.66. The molecule has 2 aliphatic heterocycles. The zero-order valence-electron chi connectivity index (χ0n) is 12.7. The van der Waals surface area contributed by atoms with Crippen LogP contribution in [0, 0.1) is 11.8 Å². The summed E-state index contributed by atoms with van der Waals surface area (Å²) >= 11 is 0. The molecular weight excluding hydrogens is 280 g/mol. The normalized spacial score (nSPS) is 30.0. The molecule has 5 nitrogen and oxygen atoms in total. The van der Waals surface area contributed by atoms with Crippen molar-refractivity contribution in [1.29, 1.82) is 0 Å². The molecule has 2 heterocycles. The Morgan fingerprint density at radius 2 is 2.05 bits per heavy atom. The van der Waals surface area contributed by atoms with Gasteiger partial charge in [0, 0.05) is 19.1 Å². The van der Waals surface area contributed by atoms with Crippen LogP contribution in [0.2, 0.25) is 0 Å². The maximum Gasteiger partial charge on any atom is 0.257 e. The number of carbonyl (C=O) groups is 1. The van der Waals surface area contributed by atoms with Crippen LogP contribution in [0.5, 0.6) is 11.5 Å². The van der Waals surface area contributed by atoms with E-state index < -0.39 is 0 Å². The van der Waals surface area contributed by atoms with Crippen LogP contribution in [0.4, 0.5) is 0 Å². The van der Waals surface area contributed by atoms with Crippen molar-refractivity contribution in [2.45, 2.75) is 25.3 Å². The van der Waals surface area contributed by atoms with Crippen LogP contribution in [0.25, 0.3) is 0 Å². The highest BCUT2D eigenvalue weighted by molar-refractivity contribution is 5.98. The van der Waals surface area contributed by atoms with Crippen molar-refractivity contribution in [2.75, 3.05) is 26.3 Å². The molecule has 3 atom stereocenters. The molecule has 1 aliphatic carbocycles. The first-order valence-electron chi connectivity index (χ1n) is 8.17. The highest BCUT2D eigenvalue weighted by Crippen LogP contribution is 2.38. The van der Waals surface area contributed by atoms with Gasteiger partial charge in [0.1, 0.15) is 13.2 Å². The molecule has 1 amide bonds. The molecular formula is C17H22N2O3. The van der Waals surface area contributed by atoms with Gasteiger partial charge in [0.15, 0.2) is 11.5 Å². The topological polar surface area (TPSA) is 64.8 Å². The van der Waals surface area contributed by atoms with Gasteiger partial charge in [0.25, 0.3) is 5.91 Å². The second-order valence-electron chi connectivity index (χ2n) is 6.56. The Hall–Kier alpha value is -1.75. The quantitative estimate of drug-likeness (QED) is 0.857. The third-order valence-electron chi connectivity index (χ3n) is 5.24. The summed E-state index contributed by atoms with van der Waals surface area (Å²) in [5.41, 5.74) is 6.86. The fourth-order valence-corrected chi connectivity index (χ4v) is 4.10. The molecule has 1 aromatic carbocycles. The highest BCUT2D eigenvalue weighted by Gasteiger charge is 2.41. The number of para-hydroxylation sites is 1. The lowest BCUT2D eigenvalue weighted by Gasteiger charge is -2.29. The van der Waals surface area contributed by atoms with Crippen molar-refractivity contribution in [1.82, 2.24) is 4.90 Å². The van der Waals surface area contributed by atoms with Crippen LogP contribution in [0.1, 0.15) is 29.6 Å². The number of nitrogens with two attached hydrogens (primary N) is 1. The lowest BCUT2D eigenvalue weighted by Crippen LogP contribution is -2.38. The maximum atomic E-state index is 12.9. The minimum atomic E-state index is 0.0453. The Balaban J connectivity index is 1.58. The van der Waals surface area contributed by atoms with Gasteiger partial charge in [-0.15, -0.1) is 0 Å². The number of rotatable bonds is 1. The molecule has 2 N–H and O–H groups in total. The molecule has 0 radical (unpaired) electrons. The molecule has 3 unspecified atom stereocenters. The summed E-state index contributed by atoms with van der Waals surface area (Å²) in [5.74, 6) is 2.33. The van der Waals surface area contributed by atoms with Crippen molar-refractivity contribution in [3.05, 3.63) is 23.8 Å². The van der Waals surface area contributed by atoms with Gasteiger partial charge in [0.2, 0.25) is 0 Å². The molecule has 4 rings (SSSR count). The van der Waals surface area contributed by atoms with Crippen LogP contribution in [0.15, 0.2) is 18.2 Å². The number of carbonyl (C=O) groups excluding carboxylic acids is 1. The summed E-state index contributed by atoms with van der Waals surface area (Å²) < 4.78 is 11.3. The molecule has 3 aliphatic rings. The summed E-state index contributed by atoms with van der Waals surface area (Å²) in [6.45, 7) is 2.62. The third-order valence-corrected chi connectivity index (χ3v) is 5.24. The van der Waals surface area contributed by atoms with E-state index >= 15 is 0 Å². The SMILES string of the molecule is NC1CCCC2CN(C(=O)c3cccc4c3OCCO4)CC12. The largest absolute Gasteiger partial charge is 0.486 e. The first-order chi connectivity index (χ1) is 10.7. The Bertz CT molecular complexity index is 589. The van der Waals surface area contributed by atoms with E-state index in [1.54, 1.807) is 0 Å². The van der Waals surface area contributed by atoms with Crippen LogP contribution in [-0.4, -0.2) is 43.2 Å². The zero-order valence-corrected chi connectivity index (χ0v) is 12.7. The Labute approximate surface area is 130 Å². The molecule has 0 aromatic heterocycles. The molecule has 1 aromatic rings. The molecule has 0 spiro atoms. The first-order valence-corrected chi connectivity index (χ1v) is 8.17. The summed E-state index contributed by atoms with van der Waals surface area (Å²) in [6.07, 6.45) is 3.46. The fourth-order valence-electron chi connectivity index (χ4n) is 4.10. The van der Waals surface area contributed by atoms with E-state index in [2.05, 4.69) is 0 Å². The van der Waals surface area contributed by atoms with E-state index in [1.165, 1.54) is 12.8 Å². The van der Waals surface area contributed by atoms with Crippen molar-refractivity contribution in [3.63, 3.8) is 0 Å². The number of amides is 1. The van der Waals surface area contributed by atoms with E-state index in [0.29, 0.717) is 42.1 Å². The van der Waals surface area contributed by atoms with Crippen molar-refractivity contribution in [2.24, 2.45) is 17.6 Å². The van der Waals surface area contributed by atoms with Gasteiger partial charge in [-0.05, 0) is 36.8 Å². The van der Waals surface area contributed by atoms with Gasteiger partial charge in [-0.25, -0.2) is 0 Å². The second kappa shape index (κ2) is 5.47. The van der Waals surface area contributed by atoms with E-state index in [1.807, 2.05) is 23.1 Å². The summed E-state index contributed by atoms with van der Waals surface area (Å²) in [4.78, 5) is 14.9. The van der Waals surface area contributed by atoms with Crippen LogP contribution in [-0.2, 0) is 0 Å². The smallest absolute Gasteiger partial charge is 0.257 e. The van der Waals surface area contributed by atoms with E-state index in [0.717, 1.165) is 19.5 Å². The highest BCUT2D eigenvalue weighted by atomic mass is 16.6. The third kappa shape index (κ3) is 2.24. The number of ether oxygens (including phenoxy) is 2. The van der Waals surface area contributed by atoms with E-state index in [-0.39, 0.29) is 11.9 Å². The Morgan fingerprint density at radius 3 is 2.91 bits per heavy atom. The average Bonchev–Trinajstić information content (AvgIpc) is 2.99. The van der Waals surface area contributed by atoms with Gasteiger partial charge in [-0.2, -0.15) is 0 Å². The van der Waals surface area contributed by atoms with Gasteiger partial charge >= 0.3 is 0 Å². The molecule has 5 heteroatoms.